The van der Waals surface area contributed by atoms with Crippen molar-refractivity contribution in [3.05, 3.63) is 77.4 Å². The Balaban J connectivity index is 0.00000272. The lowest BCUT2D eigenvalue weighted by Crippen LogP contribution is -3.00. The first kappa shape index (κ1) is 27.9. The minimum atomic E-state index is -0.620. The largest absolute Gasteiger partial charge is 1.00 e. The summed E-state index contributed by atoms with van der Waals surface area (Å²) in [6, 6.07) is 18.5. The first-order valence-corrected chi connectivity index (χ1v) is 10.2. The highest BCUT2D eigenvalue weighted by Gasteiger charge is 2.08. The molecule has 3 aromatic rings. The Hall–Kier alpha value is -3.17. The first-order chi connectivity index (χ1) is 15.0. The lowest BCUT2D eigenvalue weighted by Gasteiger charge is -2.18. The number of fused-ring (bicyclic) bond motifs is 1. The predicted molar refractivity (Wildman–Crippen MR) is 124 cm³/mol. The van der Waals surface area contributed by atoms with E-state index in [-0.39, 0.29) is 30.1 Å². The third-order valence-corrected chi connectivity index (χ3v) is 5.13. The van der Waals surface area contributed by atoms with E-state index in [4.69, 9.17) is 9.94 Å². The molecule has 178 valence electrons. The SMILES string of the molecule is CCN(CC)Cc1ccc2cc(COC(=O)Nc3ccc(C(=O)NO)cc3)ccc2c1.O.[Cl-]. The molecule has 0 fully saturated rings. The van der Waals surface area contributed by atoms with Crippen LogP contribution < -0.4 is 23.2 Å². The Morgan fingerprint density at radius 1 is 0.909 bits per heavy atom. The van der Waals surface area contributed by atoms with Crippen LogP contribution in [0.25, 0.3) is 10.8 Å². The van der Waals surface area contributed by atoms with Gasteiger partial charge in [0.2, 0.25) is 0 Å². The van der Waals surface area contributed by atoms with Crippen LogP contribution in [0.5, 0.6) is 0 Å². The van der Waals surface area contributed by atoms with Crippen LogP contribution in [-0.2, 0) is 17.9 Å². The molecule has 5 N–H and O–H groups in total. The number of halogens is 1. The van der Waals surface area contributed by atoms with Crippen molar-refractivity contribution in [3.63, 3.8) is 0 Å². The maximum atomic E-state index is 12.1. The van der Waals surface area contributed by atoms with Crippen LogP contribution in [0.4, 0.5) is 10.5 Å². The summed E-state index contributed by atoms with van der Waals surface area (Å²) in [4.78, 5) is 25.8. The zero-order valence-corrected chi connectivity index (χ0v) is 19.4. The number of nitrogens with one attached hydrogen (secondary N) is 2. The molecule has 0 bridgehead atoms. The van der Waals surface area contributed by atoms with Gasteiger partial charge >= 0.3 is 6.09 Å². The van der Waals surface area contributed by atoms with Crippen molar-refractivity contribution in [2.45, 2.75) is 27.0 Å². The molecule has 0 aliphatic rings. The number of anilines is 1. The molecule has 0 saturated carbocycles. The van der Waals surface area contributed by atoms with E-state index >= 15 is 0 Å². The van der Waals surface area contributed by atoms with Gasteiger partial charge < -0.3 is 22.6 Å². The van der Waals surface area contributed by atoms with Crippen molar-refractivity contribution in [3.8, 4) is 0 Å². The number of ether oxygens (including phenoxy) is 1. The molecule has 0 aliphatic heterocycles. The summed E-state index contributed by atoms with van der Waals surface area (Å²) in [5, 5.41) is 13.5. The van der Waals surface area contributed by atoms with Crippen LogP contribution in [0.3, 0.4) is 0 Å². The van der Waals surface area contributed by atoms with Crippen LogP contribution in [-0.4, -0.2) is 40.7 Å². The van der Waals surface area contributed by atoms with E-state index in [9.17, 15) is 9.59 Å². The maximum Gasteiger partial charge on any atom is 0.411 e. The van der Waals surface area contributed by atoms with Gasteiger partial charge in [-0.3, -0.25) is 20.2 Å². The number of carbonyl (C=O) groups is 2. The van der Waals surface area contributed by atoms with E-state index < -0.39 is 12.0 Å². The molecule has 0 heterocycles. The van der Waals surface area contributed by atoms with Crippen LogP contribution >= 0.6 is 0 Å². The van der Waals surface area contributed by atoms with E-state index in [1.807, 2.05) is 18.2 Å². The topological polar surface area (TPSA) is 122 Å². The summed E-state index contributed by atoms with van der Waals surface area (Å²) in [5.74, 6) is -0.620. The second kappa shape index (κ2) is 13.4. The third-order valence-electron chi connectivity index (χ3n) is 5.13. The van der Waals surface area contributed by atoms with E-state index in [1.165, 1.54) is 17.7 Å². The Kier molecular flexibility index (Phi) is 11.3. The highest BCUT2D eigenvalue weighted by atomic mass is 35.5. The van der Waals surface area contributed by atoms with Gasteiger partial charge in [-0.05, 0) is 71.4 Å². The van der Waals surface area contributed by atoms with Gasteiger partial charge in [-0.25, -0.2) is 10.3 Å². The van der Waals surface area contributed by atoms with Crippen molar-refractivity contribution < 1.29 is 37.4 Å². The zero-order chi connectivity index (χ0) is 22.2. The average Bonchev–Trinajstić information content (AvgIpc) is 2.81. The quantitative estimate of drug-likeness (QED) is 0.328. The molecular weight excluding hydrogens is 446 g/mol. The number of nitrogens with zero attached hydrogens (tertiary/aromatic N) is 1. The molecule has 0 aromatic heterocycles. The van der Waals surface area contributed by atoms with Gasteiger partial charge in [0.25, 0.3) is 5.91 Å². The fraction of sp³-hybridized carbons (Fsp3) is 0.250. The normalized spacial score (nSPS) is 10.2. The lowest BCUT2D eigenvalue weighted by molar-refractivity contribution is -0.0000209. The third kappa shape index (κ3) is 7.73. The van der Waals surface area contributed by atoms with Gasteiger partial charge in [0, 0.05) is 17.8 Å². The van der Waals surface area contributed by atoms with E-state index in [0.717, 1.165) is 36.0 Å². The van der Waals surface area contributed by atoms with Gasteiger partial charge in [-0.15, -0.1) is 0 Å². The van der Waals surface area contributed by atoms with Crippen molar-refractivity contribution in [2.75, 3.05) is 18.4 Å². The summed E-state index contributed by atoms with van der Waals surface area (Å²) in [6.45, 7) is 7.45. The number of carbonyl (C=O) groups excluding carboxylic acids is 2. The number of hydrogen-bond acceptors (Lipinski definition) is 5. The van der Waals surface area contributed by atoms with Gasteiger partial charge in [0.15, 0.2) is 0 Å². The Labute approximate surface area is 199 Å². The molecule has 9 heteroatoms. The number of benzene rings is 3. The van der Waals surface area contributed by atoms with E-state index in [1.54, 1.807) is 17.6 Å². The fourth-order valence-electron chi connectivity index (χ4n) is 3.31. The molecule has 0 radical (unpaired) electrons. The summed E-state index contributed by atoms with van der Waals surface area (Å²) >= 11 is 0. The van der Waals surface area contributed by atoms with Crippen molar-refractivity contribution in [2.24, 2.45) is 0 Å². The molecule has 0 spiro atoms. The standard InChI is InChI=1S/C24H27N3O4.ClH.H2O/c1-3-27(4-2)15-17-5-7-21-14-18(6-8-20(21)13-17)16-31-24(29)25-22-11-9-19(10-12-22)23(28)26-30;;/h5-14,30H,3-4,15-16H2,1-2H3,(H,25,29)(H,26,28);1H;1H2/p-1. The maximum absolute atomic E-state index is 12.1. The van der Waals surface area contributed by atoms with Gasteiger partial charge in [-0.1, -0.05) is 38.1 Å². The summed E-state index contributed by atoms with van der Waals surface area (Å²) in [7, 11) is 0. The van der Waals surface area contributed by atoms with Crippen LogP contribution in [0.15, 0.2) is 60.7 Å². The smallest absolute Gasteiger partial charge is 0.411 e. The Morgan fingerprint density at radius 2 is 1.48 bits per heavy atom. The van der Waals surface area contributed by atoms with E-state index in [0.29, 0.717) is 5.69 Å². The summed E-state index contributed by atoms with van der Waals surface area (Å²) < 4.78 is 5.31. The molecule has 0 aliphatic carbocycles. The second-order valence-corrected chi connectivity index (χ2v) is 7.20. The molecular formula is C24H29ClN3O5-. The molecule has 3 aromatic carbocycles. The van der Waals surface area contributed by atoms with Crippen molar-refractivity contribution in [1.29, 1.82) is 0 Å². The monoisotopic (exact) mass is 474 g/mol. The Bertz CT molecular complexity index is 1060. The molecule has 2 amide bonds. The lowest BCUT2D eigenvalue weighted by atomic mass is 10.0. The summed E-state index contributed by atoms with van der Waals surface area (Å²) in [5.41, 5.74) is 4.49. The molecule has 0 unspecified atom stereocenters. The molecule has 33 heavy (non-hydrogen) atoms. The fourth-order valence-corrected chi connectivity index (χ4v) is 3.31. The zero-order valence-electron chi connectivity index (χ0n) is 18.6. The van der Waals surface area contributed by atoms with Gasteiger partial charge in [0.1, 0.15) is 6.61 Å². The Morgan fingerprint density at radius 3 is 2.06 bits per heavy atom. The second-order valence-electron chi connectivity index (χ2n) is 7.20. The minimum absolute atomic E-state index is 0. The van der Waals surface area contributed by atoms with Crippen LogP contribution in [0, 0.1) is 0 Å². The van der Waals surface area contributed by atoms with Crippen LogP contribution in [0.1, 0.15) is 35.3 Å². The molecule has 0 saturated heterocycles. The average molecular weight is 475 g/mol. The number of rotatable bonds is 8. The van der Waals surface area contributed by atoms with Gasteiger partial charge in [0.05, 0.1) is 0 Å². The van der Waals surface area contributed by atoms with Gasteiger partial charge in [-0.2, -0.15) is 0 Å². The molecule has 3 rings (SSSR count). The molecule has 0 atom stereocenters. The van der Waals surface area contributed by atoms with Crippen molar-refractivity contribution >= 4 is 28.5 Å². The predicted octanol–water partition coefficient (Wildman–Crippen LogP) is 0.729. The summed E-state index contributed by atoms with van der Waals surface area (Å²) in [6.07, 6.45) is -0.589. The number of hydroxylamine groups is 1. The first-order valence-electron chi connectivity index (χ1n) is 10.2. The highest BCUT2D eigenvalue weighted by molar-refractivity contribution is 5.94. The van der Waals surface area contributed by atoms with Crippen LogP contribution in [0.2, 0.25) is 0 Å². The molecule has 8 nitrogen and oxygen atoms in total. The van der Waals surface area contributed by atoms with Crippen molar-refractivity contribution in [1.82, 2.24) is 10.4 Å². The highest BCUT2D eigenvalue weighted by Crippen LogP contribution is 2.20. The number of hydrogen-bond donors (Lipinski definition) is 3. The number of amides is 2. The minimum Gasteiger partial charge on any atom is -1.00 e. The van der Waals surface area contributed by atoms with E-state index in [2.05, 4.69) is 42.3 Å².